The second-order valence-corrected chi connectivity index (χ2v) is 7.26. The number of anilines is 2. The summed E-state index contributed by atoms with van der Waals surface area (Å²) in [6, 6.07) is 4.56. The molecule has 0 radical (unpaired) electrons. The maximum Gasteiger partial charge on any atom is 0.332 e. The van der Waals surface area contributed by atoms with E-state index in [2.05, 4.69) is 17.1 Å². The van der Waals surface area contributed by atoms with Gasteiger partial charge in [-0.2, -0.15) is 0 Å². The van der Waals surface area contributed by atoms with Crippen LogP contribution < -0.4 is 16.6 Å². The van der Waals surface area contributed by atoms with Gasteiger partial charge in [-0.15, -0.1) is 0 Å². The number of benzene rings is 1. The number of piperazine rings is 1. The first-order chi connectivity index (χ1) is 14.7. The molecule has 170 valence electrons. The second-order valence-electron chi connectivity index (χ2n) is 7.26. The van der Waals surface area contributed by atoms with E-state index in [4.69, 9.17) is 0 Å². The van der Waals surface area contributed by atoms with Crippen LogP contribution in [0.3, 0.4) is 0 Å². The molecule has 3 rings (SSSR count). The van der Waals surface area contributed by atoms with Crippen molar-refractivity contribution in [1.82, 2.24) is 18.9 Å². The van der Waals surface area contributed by atoms with Crippen LogP contribution >= 0.6 is 0 Å². The lowest BCUT2D eigenvalue weighted by atomic mass is 10.2. The fraction of sp³-hybridized carbons (Fsp3) is 0.500. The van der Waals surface area contributed by atoms with E-state index >= 15 is 0 Å². The van der Waals surface area contributed by atoms with E-state index in [1.807, 2.05) is 13.8 Å². The largest absolute Gasteiger partial charge is 0.338 e. The Kier molecular flexibility index (Phi) is 8.15. The number of hydrogen-bond donors (Lipinski definition) is 1. The summed E-state index contributed by atoms with van der Waals surface area (Å²) in [6.45, 7) is 11.1. The maximum atomic E-state index is 14.4. The smallest absolute Gasteiger partial charge is 0.332 e. The van der Waals surface area contributed by atoms with Crippen LogP contribution in [0, 0.1) is 12.7 Å². The monoisotopic (exact) mass is 433 g/mol. The zero-order valence-electron chi connectivity index (χ0n) is 19.2. The van der Waals surface area contributed by atoms with Crippen LogP contribution in [0.25, 0.3) is 0 Å². The van der Waals surface area contributed by atoms with Crippen molar-refractivity contribution in [3.05, 3.63) is 56.0 Å². The minimum atomic E-state index is -0.703. The zero-order valence-corrected chi connectivity index (χ0v) is 19.2. The fourth-order valence-electron chi connectivity index (χ4n) is 3.46. The van der Waals surface area contributed by atoms with Gasteiger partial charge in [-0.25, -0.2) is 9.18 Å². The number of amides is 1. The molecule has 2 heterocycles. The first-order valence-electron chi connectivity index (χ1n) is 10.6. The van der Waals surface area contributed by atoms with E-state index in [1.165, 1.54) is 26.2 Å². The van der Waals surface area contributed by atoms with Gasteiger partial charge in [-0.05, 0) is 31.2 Å². The topological polar surface area (TPSA) is 79.6 Å². The standard InChI is InChI=1S/C20H26FN5O3.C2H6/c1-5-25-8-10-26(11-9-25)19(28)16-17(23(3)20(29)24(4)18(16)27)22-15-7-6-13(2)12-14(15)21;1-2/h6-7,12,22H,5,8-11H2,1-4H3;1-2H3. The number of carbonyl (C=O) groups excluding carboxylic acids is 1. The summed E-state index contributed by atoms with van der Waals surface area (Å²) in [5, 5.41) is 2.80. The van der Waals surface area contributed by atoms with Crippen LogP contribution in [0.2, 0.25) is 0 Å². The van der Waals surface area contributed by atoms with Crippen LogP contribution in [0.15, 0.2) is 27.8 Å². The number of aryl methyl sites for hydroxylation is 1. The highest BCUT2D eigenvalue weighted by molar-refractivity contribution is 5.99. The Morgan fingerprint density at radius 2 is 1.68 bits per heavy atom. The summed E-state index contributed by atoms with van der Waals surface area (Å²) < 4.78 is 16.4. The summed E-state index contributed by atoms with van der Waals surface area (Å²) in [5.41, 5.74) is -0.650. The van der Waals surface area contributed by atoms with Crippen molar-refractivity contribution in [3.8, 4) is 0 Å². The summed E-state index contributed by atoms with van der Waals surface area (Å²) in [6.07, 6.45) is 0. The fourth-order valence-corrected chi connectivity index (χ4v) is 3.46. The third-order valence-electron chi connectivity index (χ3n) is 5.36. The van der Waals surface area contributed by atoms with Crippen molar-refractivity contribution in [2.75, 3.05) is 38.0 Å². The molecule has 1 aliphatic heterocycles. The maximum absolute atomic E-state index is 14.4. The van der Waals surface area contributed by atoms with Crippen molar-refractivity contribution in [1.29, 1.82) is 0 Å². The quantitative estimate of drug-likeness (QED) is 0.799. The van der Waals surface area contributed by atoms with Gasteiger partial charge in [0.25, 0.3) is 11.5 Å². The van der Waals surface area contributed by atoms with Crippen LogP contribution in [0.1, 0.15) is 36.7 Å². The highest BCUT2D eigenvalue weighted by atomic mass is 19.1. The van der Waals surface area contributed by atoms with Gasteiger partial charge in [0.15, 0.2) is 0 Å². The molecule has 0 saturated carbocycles. The Balaban J connectivity index is 0.00000166. The molecular formula is C22H32FN5O3. The van der Waals surface area contributed by atoms with Gasteiger partial charge in [0, 0.05) is 40.3 Å². The number of aromatic nitrogens is 2. The SMILES string of the molecule is CC.CCN1CCN(C(=O)c2c(Nc3ccc(C)cc3F)n(C)c(=O)n(C)c2=O)CC1. The van der Waals surface area contributed by atoms with Crippen molar-refractivity contribution >= 4 is 17.4 Å². The molecule has 1 fully saturated rings. The molecule has 1 aromatic carbocycles. The van der Waals surface area contributed by atoms with Crippen LogP contribution in [-0.2, 0) is 14.1 Å². The van der Waals surface area contributed by atoms with Gasteiger partial charge in [0.2, 0.25) is 0 Å². The number of nitrogens with zero attached hydrogens (tertiary/aromatic N) is 4. The molecule has 2 aromatic rings. The number of halogens is 1. The average Bonchev–Trinajstić information content (AvgIpc) is 2.78. The number of carbonyl (C=O) groups is 1. The Morgan fingerprint density at radius 1 is 1.06 bits per heavy atom. The van der Waals surface area contributed by atoms with E-state index in [-0.39, 0.29) is 17.1 Å². The number of rotatable bonds is 4. The average molecular weight is 434 g/mol. The Morgan fingerprint density at radius 3 is 2.23 bits per heavy atom. The number of hydrogen-bond acceptors (Lipinski definition) is 5. The number of likely N-dealkylation sites (N-methyl/N-ethyl adjacent to an activating group) is 1. The van der Waals surface area contributed by atoms with Crippen LogP contribution in [0.4, 0.5) is 15.9 Å². The lowest BCUT2D eigenvalue weighted by Crippen LogP contribution is -2.51. The predicted molar refractivity (Wildman–Crippen MR) is 121 cm³/mol. The molecule has 0 bridgehead atoms. The van der Waals surface area contributed by atoms with E-state index < -0.39 is 23.0 Å². The molecule has 1 N–H and O–H groups in total. The second kappa shape index (κ2) is 10.4. The summed E-state index contributed by atoms with van der Waals surface area (Å²) in [5.74, 6) is -1.01. The minimum Gasteiger partial charge on any atom is -0.338 e. The molecule has 0 unspecified atom stereocenters. The zero-order chi connectivity index (χ0) is 23.3. The first-order valence-corrected chi connectivity index (χ1v) is 10.6. The third-order valence-corrected chi connectivity index (χ3v) is 5.36. The van der Waals surface area contributed by atoms with Crippen molar-refractivity contribution in [2.24, 2.45) is 14.1 Å². The normalized spacial score (nSPS) is 14.1. The Hall–Kier alpha value is -2.94. The highest BCUT2D eigenvalue weighted by Crippen LogP contribution is 2.22. The van der Waals surface area contributed by atoms with Crippen molar-refractivity contribution in [2.45, 2.75) is 27.7 Å². The Bertz CT molecular complexity index is 1050. The molecule has 1 saturated heterocycles. The minimum absolute atomic E-state index is 0.0104. The van der Waals surface area contributed by atoms with Crippen molar-refractivity contribution in [3.63, 3.8) is 0 Å². The lowest BCUT2D eigenvalue weighted by molar-refractivity contribution is 0.0641. The molecule has 1 aliphatic rings. The molecule has 31 heavy (non-hydrogen) atoms. The molecule has 1 amide bonds. The predicted octanol–water partition coefficient (Wildman–Crippen LogP) is 2.08. The van der Waals surface area contributed by atoms with Gasteiger partial charge in [0.1, 0.15) is 17.2 Å². The van der Waals surface area contributed by atoms with Gasteiger partial charge < -0.3 is 15.1 Å². The summed E-state index contributed by atoms with van der Waals surface area (Å²) in [4.78, 5) is 42.3. The molecule has 0 atom stereocenters. The van der Waals surface area contributed by atoms with Crippen molar-refractivity contribution < 1.29 is 9.18 Å². The van der Waals surface area contributed by atoms with Gasteiger partial charge >= 0.3 is 5.69 Å². The molecule has 1 aromatic heterocycles. The lowest BCUT2D eigenvalue weighted by Gasteiger charge is -2.34. The Labute approximate surface area is 181 Å². The van der Waals surface area contributed by atoms with E-state index in [0.717, 1.165) is 21.2 Å². The molecular weight excluding hydrogens is 401 g/mol. The highest BCUT2D eigenvalue weighted by Gasteiger charge is 2.29. The molecule has 9 heteroatoms. The molecule has 0 aliphatic carbocycles. The van der Waals surface area contributed by atoms with Gasteiger partial charge in [-0.1, -0.05) is 26.8 Å². The number of nitrogens with one attached hydrogen (secondary N) is 1. The summed E-state index contributed by atoms with van der Waals surface area (Å²) in [7, 11) is 2.77. The summed E-state index contributed by atoms with van der Waals surface area (Å²) >= 11 is 0. The molecule has 0 spiro atoms. The van der Waals surface area contributed by atoms with Crippen LogP contribution in [-0.4, -0.2) is 57.6 Å². The molecule has 8 nitrogen and oxygen atoms in total. The van der Waals surface area contributed by atoms with E-state index in [9.17, 15) is 18.8 Å². The third kappa shape index (κ3) is 5.04. The first kappa shape index (κ1) is 24.3. The van der Waals surface area contributed by atoms with E-state index in [0.29, 0.717) is 26.2 Å². The van der Waals surface area contributed by atoms with E-state index in [1.54, 1.807) is 17.9 Å². The van der Waals surface area contributed by atoms with Gasteiger partial charge in [-0.3, -0.25) is 18.7 Å². The van der Waals surface area contributed by atoms with Crippen LogP contribution in [0.5, 0.6) is 0 Å². The van der Waals surface area contributed by atoms with Gasteiger partial charge in [0.05, 0.1) is 5.69 Å².